The van der Waals surface area contributed by atoms with E-state index in [9.17, 15) is 9.90 Å². The average molecular weight is 378 g/mol. The van der Waals surface area contributed by atoms with Gasteiger partial charge in [0.25, 0.3) is 0 Å². The number of aliphatic hydroxyl groups is 1. The summed E-state index contributed by atoms with van der Waals surface area (Å²) in [5, 5.41) is 16.5. The lowest BCUT2D eigenvalue weighted by molar-refractivity contribution is -0.127. The molecule has 2 rings (SSSR count). The Balaban J connectivity index is 0.00000220. The predicted molar refractivity (Wildman–Crippen MR) is 89.5 cm³/mol. The van der Waals surface area contributed by atoms with Gasteiger partial charge in [-0.25, -0.2) is 0 Å². The van der Waals surface area contributed by atoms with E-state index in [1.54, 1.807) is 0 Å². The third-order valence-electron chi connectivity index (χ3n) is 3.77. The largest absolute Gasteiger partial charge is 0.386 e. The second kappa shape index (κ2) is 8.73. The lowest BCUT2D eigenvalue weighted by atomic mass is 9.96. The van der Waals surface area contributed by atoms with E-state index in [-0.39, 0.29) is 30.3 Å². The number of rotatable bonds is 4. The number of hydrogen-bond acceptors (Lipinski definition) is 3. The zero-order chi connectivity index (χ0) is 14.5. The molecule has 0 radical (unpaired) electrons. The first-order valence-electron chi connectivity index (χ1n) is 7.02. The van der Waals surface area contributed by atoms with Gasteiger partial charge in [0.2, 0.25) is 5.91 Å². The van der Waals surface area contributed by atoms with Crippen molar-refractivity contribution in [3.63, 3.8) is 0 Å². The van der Waals surface area contributed by atoms with E-state index in [2.05, 4.69) is 26.6 Å². The highest BCUT2D eigenvalue weighted by atomic mass is 79.9. The summed E-state index contributed by atoms with van der Waals surface area (Å²) >= 11 is 3.37. The lowest BCUT2D eigenvalue weighted by Gasteiger charge is -2.26. The lowest BCUT2D eigenvalue weighted by Crippen LogP contribution is -2.43. The summed E-state index contributed by atoms with van der Waals surface area (Å²) in [7, 11) is 0. The summed E-state index contributed by atoms with van der Waals surface area (Å²) in [6, 6.07) is 7.21. The van der Waals surface area contributed by atoms with Crippen LogP contribution in [0.1, 0.15) is 31.4 Å². The molecule has 1 heterocycles. The van der Waals surface area contributed by atoms with E-state index in [0.29, 0.717) is 0 Å². The summed E-state index contributed by atoms with van der Waals surface area (Å²) < 4.78 is 0.972. The first-order valence-corrected chi connectivity index (χ1v) is 7.82. The molecule has 0 spiro atoms. The molecule has 1 aliphatic heterocycles. The summed E-state index contributed by atoms with van der Waals surface area (Å²) in [5.74, 6) is 0.117. The van der Waals surface area contributed by atoms with Crippen LogP contribution in [0.5, 0.6) is 0 Å². The van der Waals surface area contributed by atoms with Crippen LogP contribution in [0.25, 0.3) is 0 Å². The molecule has 0 bridgehead atoms. The predicted octanol–water partition coefficient (Wildman–Crippen LogP) is 2.41. The van der Waals surface area contributed by atoms with Crippen LogP contribution in [-0.2, 0) is 4.79 Å². The number of carbonyl (C=O) groups excluding carboxylic acids is 1. The number of halogens is 2. The van der Waals surface area contributed by atoms with Crippen LogP contribution in [0.3, 0.4) is 0 Å². The summed E-state index contributed by atoms with van der Waals surface area (Å²) in [6.45, 7) is 3.62. The minimum Gasteiger partial charge on any atom is -0.386 e. The quantitative estimate of drug-likeness (QED) is 0.755. The Morgan fingerprint density at radius 2 is 1.90 bits per heavy atom. The SMILES string of the molecule is CC(NC(=O)C1CCNCC1)C(O)c1ccc(Br)cc1.Cl. The number of carbonyl (C=O) groups is 1. The van der Waals surface area contributed by atoms with Gasteiger partial charge in [-0.3, -0.25) is 4.79 Å². The Morgan fingerprint density at radius 3 is 2.48 bits per heavy atom. The van der Waals surface area contributed by atoms with E-state index in [1.165, 1.54) is 0 Å². The Labute approximate surface area is 140 Å². The molecule has 1 aromatic rings. The van der Waals surface area contributed by atoms with E-state index in [1.807, 2.05) is 31.2 Å². The number of amides is 1. The first-order chi connectivity index (χ1) is 9.58. The highest BCUT2D eigenvalue weighted by Gasteiger charge is 2.24. The second-order valence-corrected chi connectivity index (χ2v) is 6.23. The molecule has 3 N–H and O–H groups in total. The molecule has 1 fully saturated rings. The van der Waals surface area contributed by atoms with Gasteiger partial charge in [0.05, 0.1) is 12.1 Å². The molecular formula is C15H22BrClN2O2. The van der Waals surface area contributed by atoms with Crippen LogP contribution < -0.4 is 10.6 Å². The molecule has 6 heteroatoms. The van der Waals surface area contributed by atoms with Crippen LogP contribution in [0.4, 0.5) is 0 Å². The number of aliphatic hydroxyl groups excluding tert-OH is 1. The van der Waals surface area contributed by atoms with Crippen molar-refractivity contribution < 1.29 is 9.90 Å². The van der Waals surface area contributed by atoms with E-state index >= 15 is 0 Å². The molecular weight excluding hydrogens is 356 g/mol. The van der Waals surface area contributed by atoms with Crippen molar-refractivity contribution in [2.75, 3.05) is 13.1 Å². The summed E-state index contributed by atoms with van der Waals surface area (Å²) in [5.41, 5.74) is 0.811. The van der Waals surface area contributed by atoms with Gasteiger partial charge in [0, 0.05) is 10.4 Å². The zero-order valence-electron chi connectivity index (χ0n) is 12.0. The molecule has 1 aliphatic rings. The fraction of sp³-hybridized carbons (Fsp3) is 0.533. The second-order valence-electron chi connectivity index (χ2n) is 5.32. The third kappa shape index (κ3) is 5.25. The molecule has 2 atom stereocenters. The van der Waals surface area contributed by atoms with Gasteiger partial charge in [-0.15, -0.1) is 12.4 Å². The highest BCUT2D eigenvalue weighted by Crippen LogP contribution is 2.20. The van der Waals surface area contributed by atoms with Gasteiger partial charge >= 0.3 is 0 Å². The Bertz CT molecular complexity index is 449. The van der Waals surface area contributed by atoms with Crippen molar-refractivity contribution in [1.29, 1.82) is 0 Å². The summed E-state index contributed by atoms with van der Waals surface area (Å²) in [4.78, 5) is 12.1. The van der Waals surface area contributed by atoms with Gasteiger partial charge in [0.1, 0.15) is 0 Å². The minimum atomic E-state index is -0.686. The smallest absolute Gasteiger partial charge is 0.223 e. The molecule has 1 amide bonds. The van der Waals surface area contributed by atoms with Gasteiger partial charge < -0.3 is 15.7 Å². The van der Waals surface area contributed by atoms with E-state index < -0.39 is 6.10 Å². The molecule has 21 heavy (non-hydrogen) atoms. The minimum absolute atomic E-state index is 0. The maximum Gasteiger partial charge on any atom is 0.223 e. The van der Waals surface area contributed by atoms with Crippen LogP contribution in [0.2, 0.25) is 0 Å². The maximum absolute atomic E-state index is 12.1. The topological polar surface area (TPSA) is 61.4 Å². The molecule has 0 saturated carbocycles. The molecule has 1 aromatic carbocycles. The number of nitrogens with one attached hydrogen (secondary N) is 2. The van der Waals surface area contributed by atoms with Crippen LogP contribution in [0.15, 0.2) is 28.7 Å². The molecule has 4 nitrogen and oxygen atoms in total. The van der Waals surface area contributed by atoms with Crippen LogP contribution in [0, 0.1) is 5.92 Å². The number of hydrogen-bond donors (Lipinski definition) is 3. The fourth-order valence-corrected chi connectivity index (χ4v) is 2.72. The molecule has 2 unspecified atom stereocenters. The van der Waals surface area contributed by atoms with E-state index in [0.717, 1.165) is 36.0 Å². The van der Waals surface area contributed by atoms with Crippen LogP contribution >= 0.6 is 28.3 Å². The van der Waals surface area contributed by atoms with Crippen molar-refractivity contribution in [3.05, 3.63) is 34.3 Å². The summed E-state index contributed by atoms with van der Waals surface area (Å²) in [6.07, 6.45) is 1.05. The molecule has 0 aliphatic carbocycles. The van der Waals surface area contributed by atoms with Gasteiger partial charge in [-0.1, -0.05) is 28.1 Å². The van der Waals surface area contributed by atoms with Crippen LogP contribution in [-0.4, -0.2) is 30.1 Å². The Morgan fingerprint density at radius 1 is 1.33 bits per heavy atom. The standard InChI is InChI=1S/C15H21BrN2O2.ClH/c1-10(14(19)11-2-4-13(16)5-3-11)18-15(20)12-6-8-17-9-7-12;/h2-5,10,12,14,17,19H,6-9H2,1H3,(H,18,20);1H. The van der Waals surface area contributed by atoms with Crippen molar-refractivity contribution in [2.45, 2.75) is 31.9 Å². The normalized spacial score (nSPS) is 18.4. The average Bonchev–Trinajstić information content (AvgIpc) is 2.48. The van der Waals surface area contributed by atoms with Crippen molar-refractivity contribution >= 4 is 34.2 Å². The molecule has 118 valence electrons. The highest BCUT2D eigenvalue weighted by molar-refractivity contribution is 9.10. The number of benzene rings is 1. The van der Waals surface area contributed by atoms with Gasteiger partial charge in [-0.05, 0) is 50.6 Å². The fourth-order valence-electron chi connectivity index (χ4n) is 2.45. The maximum atomic E-state index is 12.1. The monoisotopic (exact) mass is 376 g/mol. The Kier molecular flexibility index (Phi) is 7.66. The van der Waals surface area contributed by atoms with Crippen molar-refractivity contribution in [1.82, 2.24) is 10.6 Å². The Hall–Kier alpha value is -0.620. The molecule has 0 aromatic heterocycles. The zero-order valence-corrected chi connectivity index (χ0v) is 14.4. The third-order valence-corrected chi connectivity index (χ3v) is 4.29. The van der Waals surface area contributed by atoms with Gasteiger partial charge in [-0.2, -0.15) is 0 Å². The van der Waals surface area contributed by atoms with Crippen molar-refractivity contribution in [2.24, 2.45) is 5.92 Å². The van der Waals surface area contributed by atoms with E-state index in [4.69, 9.17) is 0 Å². The number of piperidine rings is 1. The first kappa shape index (κ1) is 18.4. The van der Waals surface area contributed by atoms with Gasteiger partial charge in [0.15, 0.2) is 0 Å². The van der Waals surface area contributed by atoms with Crippen molar-refractivity contribution in [3.8, 4) is 0 Å². The molecule has 1 saturated heterocycles.